The Bertz CT molecular complexity index is 1060. The summed E-state index contributed by atoms with van der Waals surface area (Å²) in [6.07, 6.45) is 0.322. The number of aromatic nitrogens is 1. The summed E-state index contributed by atoms with van der Waals surface area (Å²) in [6.45, 7) is 3.03. The van der Waals surface area contributed by atoms with Crippen molar-refractivity contribution in [2.24, 2.45) is 0 Å². The molecule has 1 aromatic heterocycles. The van der Waals surface area contributed by atoms with Gasteiger partial charge in [0, 0.05) is 41.3 Å². The van der Waals surface area contributed by atoms with E-state index in [0.29, 0.717) is 19.5 Å². The average molecular weight is 384 g/mol. The molecule has 3 aromatic rings. The molecular weight excluding hydrogens is 365 g/mol. The van der Waals surface area contributed by atoms with Gasteiger partial charge in [-0.25, -0.2) is 0 Å². The van der Waals surface area contributed by atoms with E-state index in [1.165, 1.54) is 23.3 Å². The molecule has 2 heterocycles. The normalized spacial score (nSPS) is 15.0. The van der Waals surface area contributed by atoms with E-state index in [1.54, 1.807) is 4.90 Å². The molecule has 0 fully saturated rings. The van der Waals surface area contributed by atoms with Crippen molar-refractivity contribution < 1.29 is 18.0 Å². The quantitative estimate of drug-likeness (QED) is 0.629. The number of H-pyrrole nitrogens is 1. The Balaban J connectivity index is 1.52. The molecule has 3 nitrogen and oxygen atoms in total. The molecule has 0 unspecified atom stereocenters. The van der Waals surface area contributed by atoms with Gasteiger partial charge in [0.25, 0.3) is 5.91 Å². The number of nitrogens with zero attached hydrogens (tertiary/aromatic N) is 1. The maximum atomic E-state index is 12.7. The molecule has 6 heteroatoms. The van der Waals surface area contributed by atoms with Gasteiger partial charge in [-0.3, -0.25) is 4.79 Å². The molecule has 0 atom stereocenters. The van der Waals surface area contributed by atoms with Crippen molar-refractivity contribution in [2.45, 2.75) is 19.5 Å². The van der Waals surface area contributed by atoms with E-state index in [-0.39, 0.29) is 11.5 Å². The third kappa shape index (κ3) is 3.30. The highest BCUT2D eigenvalue weighted by Crippen LogP contribution is 2.32. The van der Waals surface area contributed by atoms with Crippen LogP contribution in [0.15, 0.2) is 54.7 Å². The zero-order chi connectivity index (χ0) is 19.9. The molecule has 4 rings (SSSR count). The van der Waals surface area contributed by atoms with Crippen molar-refractivity contribution >= 4 is 22.4 Å². The molecule has 0 bridgehead atoms. The Labute approximate surface area is 160 Å². The van der Waals surface area contributed by atoms with Gasteiger partial charge in [0.05, 0.1) is 5.56 Å². The lowest BCUT2D eigenvalue weighted by Gasteiger charge is -2.26. The maximum absolute atomic E-state index is 12.7. The summed E-state index contributed by atoms with van der Waals surface area (Å²) < 4.78 is 38.0. The van der Waals surface area contributed by atoms with Crippen molar-refractivity contribution in [3.63, 3.8) is 0 Å². The molecule has 0 radical (unpaired) electrons. The number of carbonyl (C=O) groups is 1. The Morgan fingerprint density at radius 3 is 2.50 bits per heavy atom. The fourth-order valence-corrected chi connectivity index (χ4v) is 3.65. The minimum absolute atomic E-state index is 0.251. The van der Waals surface area contributed by atoms with Crippen molar-refractivity contribution in [3.8, 4) is 0 Å². The van der Waals surface area contributed by atoms with Gasteiger partial charge in [-0.1, -0.05) is 24.3 Å². The summed E-state index contributed by atoms with van der Waals surface area (Å²) >= 11 is 0. The van der Waals surface area contributed by atoms with Crippen LogP contribution in [0.5, 0.6) is 0 Å². The zero-order valence-corrected chi connectivity index (χ0v) is 15.3. The van der Waals surface area contributed by atoms with Crippen molar-refractivity contribution in [3.05, 3.63) is 77.0 Å². The van der Waals surface area contributed by atoms with E-state index >= 15 is 0 Å². The van der Waals surface area contributed by atoms with E-state index in [4.69, 9.17) is 0 Å². The predicted octanol–water partition coefficient (Wildman–Crippen LogP) is 5.42. The number of nitrogens with one attached hydrogen (secondary N) is 1. The topological polar surface area (TPSA) is 36.1 Å². The van der Waals surface area contributed by atoms with Gasteiger partial charge >= 0.3 is 6.18 Å². The van der Waals surface area contributed by atoms with Crippen LogP contribution in [0.4, 0.5) is 13.2 Å². The molecule has 0 saturated heterocycles. The highest BCUT2D eigenvalue weighted by atomic mass is 19.4. The molecular formula is C22H19F3N2O. The molecule has 28 heavy (non-hydrogen) atoms. The van der Waals surface area contributed by atoms with E-state index < -0.39 is 11.7 Å². The van der Waals surface area contributed by atoms with Crippen molar-refractivity contribution in [1.29, 1.82) is 0 Å². The number of aromatic amines is 1. The Morgan fingerprint density at radius 2 is 1.86 bits per heavy atom. The first-order valence-corrected chi connectivity index (χ1v) is 9.07. The van der Waals surface area contributed by atoms with Crippen LogP contribution in [0, 0.1) is 6.92 Å². The SMILES string of the molecule is Cc1cccc2c(C3=CCN(C(=O)c4ccc(C(F)(F)F)cc4)CC3)c[nH]c12. The van der Waals surface area contributed by atoms with E-state index in [9.17, 15) is 18.0 Å². The molecule has 0 spiro atoms. The van der Waals surface area contributed by atoms with Crippen LogP contribution >= 0.6 is 0 Å². The number of amides is 1. The van der Waals surface area contributed by atoms with E-state index in [2.05, 4.69) is 24.0 Å². The second-order valence-corrected chi connectivity index (χ2v) is 7.01. The standard InChI is InChI=1S/C22H19F3N2O/c1-14-3-2-4-18-19(13-26-20(14)18)15-9-11-27(12-10-15)21(28)16-5-7-17(8-6-16)22(23,24)25/h2-9,13,26H,10-12H2,1H3. The average Bonchev–Trinajstić information content (AvgIpc) is 3.12. The van der Waals surface area contributed by atoms with E-state index in [0.717, 1.165) is 28.6 Å². The highest BCUT2D eigenvalue weighted by molar-refractivity contribution is 5.96. The Hall–Kier alpha value is -3.02. The van der Waals surface area contributed by atoms with Crippen LogP contribution in [-0.4, -0.2) is 28.9 Å². The third-order valence-corrected chi connectivity index (χ3v) is 5.23. The number of hydrogen-bond acceptors (Lipinski definition) is 1. The lowest BCUT2D eigenvalue weighted by atomic mass is 9.97. The van der Waals surface area contributed by atoms with Crippen molar-refractivity contribution in [1.82, 2.24) is 9.88 Å². The first-order valence-electron chi connectivity index (χ1n) is 9.07. The molecule has 1 aliphatic heterocycles. The first-order chi connectivity index (χ1) is 13.3. The summed E-state index contributed by atoms with van der Waals surface area (Å²) in [6, 6.07) is 10.6. The zero-order valence-electron chi connectivity index (χ0n) is 15.3. The minimum atomic E-state index is -4.40. The molecule has 1 amide bonds. The number of halogens is 3. The van der Waals surface area contributed by atoms with Gasteiger partial charge in [-0.05, 0) is 48.7 Å². The summed E-state index contributed by atoms with van der Waals surface area (Å²) in [5, 5.41) is 1.16. The monoisotopic (exact) mass is 384 g/mol. The van der Waals surface area contributed by atoms with Crippen LogP contribution in [0.2, 0.25) is 0 Å². The fourth-order valence-electron chi connectivity index (χ4n) is 3.65. The second kappa shape index (κ2) is 6.86. The largest absolute Gasteiger partial charge is 0.416 e. The van der Waals surface area contributed by atoms with Gasteiger partial charge in [-0.2, -0.15) is 13.2 Å². The molecule has 1 aliphatic rings. The van der Waals surface area contributed by atoms with Crippen LogP contribution in [0.25, 0.3) is 16.5 Å². The van der Waals surface area contributed by atoms with Gasteiger partial charge in [0.2, 0.25) is 0 Å². The van der Waals surface area contributed by atoms with Gasteiger partial charge in [0.1, 0.15) is 0 Å². The molecule has 2 aromatic carbocycles. The molecule has 1 N–H and O–H groups in total. The number of para-hydroxylation sites is 1. The number of fused-ring (bicyclic) bond motifs is 1. The summed E-state index contributed by atoms with van der Waals surface area (Å²) in [5.74, 6) is -0.251. The lowest BCUT2D eigenvalue weighted by molar-refractivity contribution is -0.137. The smallest absolute Gasteiger partial charge is 0.360 e. The molecule has 0 saturated carbocycles. The highest BCUT2D eigenvalue weighted by Gasteiger charge is 2.30. The lowest BCUT2D eigenvalue weighted by Crippen LogP contribution is -2.34. The number of alkyl halides is 3. The van der Waals surface area contributed by atoms with Crippen LogP contribution in [0.3, 0.4) is 0 Å². The Morgan fingerprint density at radius 1 is 1.11 bits per heavy atom. The number of aryl methyl sites for hydroxylation is 1. The van der Waals surface area contributed by atoms with Gasteiger partial charge in [-0.15, -0.1) is 0 Å². The predicted molar refractivity (Wildman–Crippen MR) is 103 cm³/mol. The second-order valence-electron chi connectivity index (χ2n) is 7.01. The third-order valence-electron chi connectivity index (χ3n) is 5.23. The van der Waals surface area contributed by atoms with Gasteiger partial charge < -0.3 is 9.88 Å². The van der Waals surface area contributed by atoms with Crippen LogP contribution in [0.1, 0.15) is 33.5 Å². The molecule has 144 valence electrons. The van der Waals surface area contributed by atoms with Gasteiger partial charge in [0.15, 0.2) is 0 Å². The van der Waals surface area contributed by atoms with E-state index in [1.807, 2.05) is 18.3 Å². The van der Waals surface area contributed by atoms with Crippen LogP contribution < -0.4 is 0 Å². The number of hydrogen-bond donors (Lipinski definition) is 1. The fraction of sp³-hybridized carbons (Fsp3) is 0.227. The first kappa shape index (κ1) is 18.3. The summed E-state index contributed by atoms with van der Waals surface area (Å²) in [7, 11) is 0. The number of benzene rings is 2. The van der Waals surface area contributed by atoms with Crippen molar-refractivity contribution in [2.75, 3.05) is 13.1 Å². The maximum Gasteiger partial charge on any atom is 0.416 e. The summed E-state index contributed by atoms with van der Waals surface area (Å²) in [4.78, 5) is 17.6. The minimum Gasteiger partial charge on any atom is -0.360 e. The van der Waals surface area contributed by atoms with Crippen LogP contribution in [-0.2, 0) is 6.18 Å². The number of rotatable bonds is 2. The summed E-state index contributed by atoms with van der Waals surface area (Å²) in [5.41, 5.74) is 4.13. The number of carbonyl (C=O) groups excluding carboxylic acids is 1. The Kier molecular flexibility index (Phi) is 4.49. The molecule has 0 aliphatic carbocycles.